The highest BCUT2D eigenvalue weighted by molar-refractivity contribution is 5.59. The Labute approximate surface area is 97.9 Å². The number of halogens is 1. The molecule has 1 aromatic carbocycles. The highest BCUT2D eigenvalue weighted by Gasteiger charge is 2.19. The largest absolute Gasteiger partial charge is 0.398 e. The van der Waals surface area contributed by atoms with Gasteiger partial charge in [0.25, 0.3) is 0 Å². The second-order valence-corrected chi connectivity index (χ2v) is 4.92. The van der Waals surface area contributed by atoms with Gasteiger partial charge >= 0.3 is 0 Å². The number of anilines is 1. The summed E-state index contributed by atoms with van der Waals surface area (Å²) < 4.78 is 14.0. The molecule has 0 amide bonds. The lowest BCUT2D eigenvalue weighted by Crippen LogP contribution is -2.09. The molecule has 2 heteroatoms. The van der Waals surface area contributed by atoms with E-state index in [2.05, 4.69) is 13.8 Å². The number of benzene rings is 1. The van der Waals surface area contributed by atoms with Gasteiger partial charge in [-0.25, -0.2) is 4.39 Å². The molecule has 0 spiro atoms. The molecule has 2 N–H and O–H groups in total. The second-order valence-electron chi connectivity index (χ2n) is 4.92. The van der Waals surface area contributed by atoms with Crippen LogP contribution in [0.15, 0.2) is 6.07 Å². The summed E-state index contributed by atoms with van der Waals surface area (Å²) in [7, 11) is 0. The summed E-state index contributed by atoms with van der Waals surface area (Å²) in [5.41, 5.74) is 9.61. The summed E-state index contributed by atoms with van der Waals surface area (Å²) in [5, 5.41) is 0. The molecule has 0 saturated heterocycles. The molecular formula is C14H22FN. The number of nitrogens with two attached hydrogens (primary N) is 1. The summed E-state index contributed by atoms with van der Waals surface area (Å²) in [5.74, 6) is 0.328. The first-order valence-corrected chi connectivity index (χ1v) is 6.00. The van der Waals surface area contributed by atoms with Gasteiger partial charge in [0, 0.05) is 5.69 Å². The number of nitrogen functional groups attached to an aromatic ring is 1. The monoisotopic (exact) mass is 223 g/mol. The SMILES string of the molecule is CCc1cc(F)c(C(C)C)c(C(C)C)c1N. The minimum absolute atomic E-state index is 0.107. The fourth-order valence-electron chi connectivity index (χ4n) is 2.26. The van der Waals surface area contributed by atoms with Crippen molar-refractivity contribution in [1.29, 1.82) is 0 Å². The van der Waals surface area contributed by atoms with E-state index < -0.39 is 0 Å². The van der Waals surface area contributed by atoms with Gasteiger partial charge in [-0.3, -0.25) is 0 Å². The van der Waals surface area contributed by atoms with Gasteiger partial charge in [-0.1, -0.05) is 34.6 Å². The van der Waals surface area contributed by atoms with Crippen LogP contribution in [0, 0.1) is 5.82 Å². The molecule has 0 aliphatic heterocycles. The molecule has 0 aromatic heterocycles. The molecule has 16 heavy (non-hydrogen) atoms. The molecular weight excluding hydrogens is 201 g/mol. The highest BCUT2D eigenvalue weighted by Crippen LogP contribution is 2.35. The normalized spacial score (nSPS) is 11.5. The molecule has 0 atom stereocenters. The molecule has 0 heterocycles. The van der Waals surface area contributed by atoms with Gasteiger partial charge < -0.3 is 5.73 Å². The standard InChI is InChI=1S/C14H22FN/c1-6-10-7-11(15)12(8(2)3)13(9(4)5)14(10)16/h7-9H,6,16H2,1-5H3. The summed E-state index contributed by atoms with van der Waals surface area (Å²) in [4.78, 5) is 0. The van der Waals surface area contributed by atoms with Gasteiger partial charge in [0.15, 0.2) is 0 Å². The van der Waals surface area contributed by atoms with Crippen molar-refractivity contribution in [2.24, 2.45) is 0 Å². The van der Waals surface area contributed by atoms with Gasteiger partial charge in [0.1, 0.15) is 5.82 Å². The van der Waals surface area contributed by atoms with Gasteiger partial charge in [0.2, 0.25) is 0 Å². The molecule has 1 aromatic rings. The van der Waals surface area contributed by atoms with E-state index in [0.717, 1.165) is 28.8 Å². The Morgan fingerprint density at radius 3 is 2.00 bits per heavy atom. The van der Waals surface area contributed by atoms with Crippen LogP contribution >= 0.6 is 0 Å². The van der Waals surface area contributed by atoms with E-state index in [-0.39, 0.29) is 17.7 Å². The van der Waals surface area contributed by atoms with E-state index in [0.29, 0.717) is 0 Å². The van der Waals surface area contributed by atoms with Crippen molar-refractivity contribution in [2.75, 3.05) is 5.73 Å². The van der Waals surface area contributed by atoms with Crippen LogP contribution < -0.4 is 5.73 Å². The van der Waals surface area contributed by atoms with E-state index in [9.17, 15) is 4.39 Å². The third-order valence-corrected chi connectivity index (χ3v) is 3.02. The summed E-state index contributed by atoms with van der Waals surface area (Å²) in [6.07, 6.45) is 0.779. The Kier molecular flexibility index (Phi) is 3.95. The van der Waals surface area contributed by atoms with Gasteiger partial charge in [0.05, 0.1) is 0 Å². The summed E-state index contributed by atoms with van der Waals surface area (Å²) >= 11 is 0. The third-order valence-electron chi connectivity index (χ3n) is 3.02. The van der Waals surface area contributed by atoms with Crippen molar-refractivity contribution in [2.45, 2.75) is 52.9 Å². The van der Waals surface area contributed by atoms with Crippen molar-refractivity contribution in [3.05, 3.63) is 28.6 Å². The Balaban J connectivity index is 3.55. The van der Waals surface area contributed by atoms with Gasteiger partial charge in [-0.2, -0.15) is 0 Å². The molecule has 1 rings (SSSR count). The van der Waals surface area contributed by atoms with Crippen molar-refractivity contribution >= 4 is 5.69 Å². The van der Waals surface area contributed by atoms with Crippen LogP contribution in [0.5, 0.6) is 0 Å². The lowest BCUT2D eigenvalue weighted by molar-refractivity contribution is 0.588. The predicted molar refractivity (Wildman–Crippen MR) is 68.4 cm³/mol. The minimum Gasteiger partial charge on any atom is -0.398 e. The minimum atomic E-state index is -0.107. The molecule has 0 unspecified atom stereocenters. The second kappa shape index (κ2) is 4.86. The summed E-state index contributed by atoms with van der Waals surface area (Å²) in [6.45, 7) is 10.2. The number of aryl methyl sites for hydroxylation is 1. The van der Waals surface area contributed by atoms with Crippen molar-refractivity contribution in [3.63, 3.8) is 0 Å². The van der Waals surface area contributed by atoms with Crippen molar-refractivity contribution in [1.82, 2.24) is 0 Å². The lowest BCUT2D eigenvalue weighted by Gasteiger charge is -2.21. The van der Waals surface area contributed by atoms with Crippen LogP contribution in [0.3, 0.4) is 0 Å². The zero-order valence-corrected chi connectivity index (χ0v) is 10.9. The Hall–Kier alpha value is -1.05. The molecule has 0 fully saturated rings. The fourth-order valence-corrected chi connectivity index (χ4v) is 2.26. The first-order chi connectivity index (χ1) is 7.40. The van der Waals surface area contributed by atoms with Gasteiger partial charge in [-0.15, -0.1) is 0 Å². The number of rotatable bonds is 3. The smallest absolute Gasteiger partial charge is 0.127 e. The fraction of sp³-hybridized carbons (Fsp3) is 0.571. The number of hydrogen-bond acceptors (Lipinski definition) is 1. The molecule has 90 valence electrons. The lowest BCUT2D eigenvalue weighted by atomic mass is 9.86. The Morgan fingerprint density at radius 2 is 1.62 bits per heavy atom. The molecule has 0 bridgehead atoms. The quantitative estimate of drug-likeness (QED) is 0.763. The van der Waals surface area contributed by atoms with Crippen LogP contribution in [0.4, 0.5) is 10.1 Å². The van der Waals surface area contributed by atoms with Crippen LogP contribution in [-0.2, 0) is 6.42 Å². The highest BCUT2D eigenvalue weighted by atomic mass is 19.1. The van der Waals surface area contributed by atoms with Crippen LogP contribution in [0.2, 0.25) is 0 Å². The van der Waals surface area contributed by atoms with Crippen LogP contribution in [0.1, 0.15) is 63.1 Å². The van der Waals surface area contributed by atoms with Crippen LogP contribution in [-0.4, -0.2) is 0 Å². The maximum absolute atomic E-state index is 14.0. The van der Waals surface area contributed by atoms with E-state index in [1.807, 2.05) is 20.8 Å². The average molecular weight is 223 g/mol. The first-order valence-electron chi connectivity index (χ1n) is 6.00. The molecule has 0 saturated carbocycles. The predicted octanol–water partition coefficient (Wildman–Crippen LogP) is 4.22. The average Bonchev–Trinajstić information content (AvgIpc) is 2.19. The summed E-state index contributed by atoms with van der Waals surface area (Å²) in [6, 6.07) is 1.59. The molecule has 0 aliphatic carbocycles. The molecule has 0 radical (unpaired) electrons. The number of hydrogen-bond donors (Lipinski definition) is 1. The van der Waals surface area contributed by atoms with E-state index >= 15 is 0 Å². The van der Waals surface area contributed by atoms with Crippen molar-refractivity contribution < 1.29 is 4.39 Å². The zero-order chi connectivity index (χ0) is 12.5. The third kappa shape index (κ3) is 2.21. The Morgan fingerprint density at radius 1 is 1.12 bits per heavy atom. The Bertz CT molecular complexity index is 381. The zero-order valence-electron chi connectivity index (χ0n) is 10.9. The molecule has 1 nitrogen and oxygen atoms in total. The first kappa shape index (κ1) is 13.0. The molecule has 0 aliphatic rings. The van der Waals surface area contributed by atoms with E-state index in [4.69, 9.17) is 5.73 Å². The van der Waals surface area contributed by atoms with E-state index in [1.165, 1.54) is 0 Å². The van der Waals surface area contributed by atoms with Crippen LogP contribution in [0.25, 0.3) is 0 Å². The van der Waals surface area contributed by atoms with Gasteiger partial charge in [-0.05, 0) is 41.0 Å². The van der Waals surface area contributed by atoms with Crippen molar-refractivity contribution in [3.8, 4) is 0 Å². The van der Waals surface area contributed by atoms with E-state index in [1.54, 1.807) is 6.07 Å². The maximum atomic E-state index is 14.0. The maximum Gasteiger partial charge on any atom is 0.127 e. The topological polar surface area (TPSA) is 26.0 Å².